The molecule has 1 aromatic heterocycles. The second-order valence-corrected chi connectivity index (χ2v) is 6.77. The first-order chi connectivity index (χ1) is 13.6. The maximum Gasteiger partial charge on any atom is 0.325 e. The third-order valence-electron chi connectivity index (χ3n) is 4.85. The van der Waals surface area contributed by atoms with E-state index in [0.29, 0.717) is 18.1 Å². The Kier molecular flexibility index (Phi) is 6.84. The fourth-order valence-corrected chi connectivity index (χ4v) is 3.25. The first-order valence-electron chi connectivity index (χ1n) is 9.40. The van der Waals surface area contributed by atoms with Crippen LogP contribution in [0, 0.1) is 5.92 Å². The van der Waals surface area contributed by atoms with Gasteiger partial charge in [-0.05, 0) is 55.2 Å². The lowest BCUT2D eigenvalue weighted by molar-refractivity contribution is -0.138. The number of carbonyl (C=O) groups is 2. The molecule has 1 fully saturated rings. The molecule has 7 heteroatoms. The summed E-state index contributed by atoms with van der Waals surface area (Å²) in [6.07, 6.45) is 5.96. The topological polar surface area (TPSA) is 80.8 Å². The van der Waals surface area contributed by atoms with Gasteiger partial charge in [0, 0.05) is 43.3 Å². The first kappa shape index (κ1) is 19.7. The Morgan fingerprint density at radius 3 is 2.39 bits per heavy atom. The average Bonchev–Trinajstić information content (AvgIpc) is 2.74. The number of hydrogen-bond acceptors (Lipinski definition) is 7. The summed E-state index contributed by atoms with van der Waals surface area (Å²) in [4.78, 5) is 29.8. The highest BCUT2D eigenvalue weighted by molar-refractivity contribution is 5.75. The number of anilines is 2. The van der Waals surface area contributed by atoms with Gasteiger partial charge in [0.15, 0.2) is 0 Å². The zero-order chi connectivity index (χ0) is 19.8. The zero-order valence-corrected chi connectivity index (χ0v) is 16.0. The van der Waals surface area contributed by atoms with E-state index in [2.05, 4.69) is 19.9 Å². The molecule has 2 heterocycles. The summed E-state index contributed by atoms with van der Waals surface area (Å²) in [6.45, 7) is 1.96. The number of ether oxygens (including phenoxy) is 2. The summed E-state index contributed by atoms with van der Waals surface area (Å²) in [5.41, 5.74) is 1.94. The monoisotopic (exact) mass is 383 g/mol. The molecule has 0 amide bonds. The van der Waals surface area contributed by atoms with E-state index in [0.717, 1.165) is 31.6 Å². The number of aromatic nitrogens is 1. The number of piperidine rings is 1. The number of pyridine rings is 1. The lowest BCUT2D eigenvalue weighted by Crippen LogP contribution is -2.34. The van der Waals surface area contributed by atoms with E-state index in [1.54, 1.807) is 36.7 Å². The van der Waals surface area contributed by atoms with Gasteiger partial charge >= 0.3 is 11.9 Å². The van der Waals surface area contributed by atoms with Gasteiger partial charge in [0.2, 0.25) is 0 Å². The smallest absolute Gasteiger partial charge is 0.325 e. The SMILES string of the molecule is COC(=O)CNc1ccc(OC(=O)CC2CCN(c3ccncc3)CC2)cc1. The Bertz CT molecular complexity index is 772. The van der Waals surface area contributed by atoms with E-state index in [4.69, 9.17) is 4.74 Å². The number of nitrogens with one attached hydrogen (secondary N) is 1. The molecule has 1 aliphatic heterocycles. The number of nitrogens with zero attached hydrogens (tertiary/aromatic N) is 2. The van der Waals surface area contributed by atoms with Crippen molar-refractivity contribution in [3.63, 3.8) is 0 Å². The van der Waals surface area contributed by atoms with Gasteiger partial charge in [-0.3, -0.25) is 14.6 Å². The maximum absolute atomic E-state index is 12.3. The van der Waals surface area contributed by atoms with Crippen molar-refractivity contribution in [1.29, 1.82) is 0 Å². The molecule has 0 aliphatic carbocycles. The van der Waals surface area contributed by atoms with Gasteiger partial charge in [0.25, 0.3) is 0 Å². The summed E-state index contributed by atoms with van der Waals surface area (Å²) in [6, 6.07) is 11.0. The Hall–Kier alpha value is -3.09. The van der Waals surface area contributed by atoms with Gasteiger partial charge in [-0.2, -0.15) is 0 Å². The van der Waals surface area contributed by atoms with Crippen molar-refractivity contribution in [2.75, 3.05) is 37.0 Å². The molecule has 0 spiro atoms. The Morgan fingerprint density at radius 2 is 1.75 bits per heavy atom. The van der Waals surface area contributed by atoms with E-state index >= 15 is 0 Å². The number of rotatable bonds is 7. The molecule has 1 aliphatic rings. The van der Waals surface area contributed by atoms with Gasteiger partial charge < -0.3 is 19.7 Å². The minimum Gasteiger partial charge on any atom is -0.468 e. The first-order valence-corrected chi connectivity index (χ1v) is 9.40. The summed E-state index contributed by atoms with van der Waals surface area (Å²) >= 11 is 0. The highest BCUT2D eigenvalue weighted by Gasteiger charge is 2.22. The third-order valence-corrected chi connectivity index (χ3v) is 4.85. The van der Waals surface area contributed by atoms with Gasteiger partial charge in [0.05, 0.1) is 7.11 Å². The molecule has 1 saturated heterocycles. The lowest BCUT2D eigenvalue weighted by Gasteiger charge is -2.33. The molecule has 0 saturated carbocycles. The average molecular weight is 383 g/mol. The van der Waals surface area contributed by atoms with Gasteiger partial charge in [-0.15, -0.1) is 0 Å². The molecule has 0 atom stereocenters. The fraction of sp³-hybridized carbons (Fsp3) is 0.381. The van der Waals surface area contributed by atoms with Crippen molar-refractivity contribution in [1.82, 2.24) is 4.98 Å². The number of esters is 2. The van der Waals surface area contributed by atoms with Crippen LogP contribution >= 0.6 is 0 Å². The van der Waals surface area contributed by atoms with Crippen LogP contribution in [-0.2, 0) is 14.3 Å². The summed E-state index contributed by atoms with van der Waals surface area (Å²) in [5.74, 6) is 0.289. The summed E-state index contributed by atoms with van der Waals surface area (Å²) in [7, 11) is 1.34. The van der Waals surface area contributed by atoms with Crippen molar-refractivity contribution in [3.8, 4) is 5.75 Å². The van der Waals surface area contributed by atoms with Gasteiger partial charge in [-0.1, -0.05) is 0 Å². The highest BCUT2D eigenvalue weighted by atomic mass is 16.5. The molecule has 1 aromatic carbocycles. The Labute approximate surface area is 164 Å². The van der Waals surface area contributed by atoms with E-state index < -0.39 is 0 Å². The van der Waals surface area contributed by atoms with Crippen LogP contribution in [0.3, 0.4) is 0 Å². The summed E-state index contributed by atoms with van der Waals surface area (Å²) in [5, 5.41) is 2.94. The van der Waals surface area contributed by atoms with E-state index in [-0.39, 0.29) is 18.5 Å². The van der Waals surface area contributed by atoms with Crippen molar-refractivity contribution in [3.05, 3.63) is 48.8 Å². The quantitative estimate of drug-likeness (QED) is 0.582. The molecule has 3 rings (SSSR count). The molecule has 28 heavy (non-hydrogen) atoms. The third kappa shape index (κ3) is 5.70. The molecule has 0 bridgehead atoms. The molecule has 0 unspecified atom stereocenters. The predicted octanol–water partition coefficient (Wildman–Crippen LogP) is 2.88. The standard InChI is InChI=1S/C21H25N3O4/c1-27-21(26)15-23-17-2-4-19(5-3-17)28-20(25)14-16-8-12-24(13-9-16)18-6-10-22-11-7-18/h2-7,10-11,16,23H,8-9,12-15H2,1H3. The van der Waals surface area contributed by atoms with Crippen LogP contribution in [0.5, 0.6) is 5.75 Å². The summed E-state index contributed by atoms with van der Waals surface area (Å²) < 4.78 is 10.0. The largest absolute Gasteiger partial charge is 0.468 e. The molecule has 2 aromatic rings. The van der Waals surface area contributed by atoms with Crippen molar-refractivity contribution in [2.45, 2.75) is 19.3 Å². The van der Waals surface area contributed by atoms with Crippen LogP contribution in [0.2, 0.25) is 0 Å². The lowest BCUT2D eigenvalue weighted by atomic mass is 9.93. The van der Waals surface area contributed by atoms with Crippen LogP contribution in [0.25, 0.3) is 0 Å². The normalized spacial score (nSPS) is 14.4. The fourth-order valence-electron chi connectivity index (χ4n) is 3.25. The number of carbonyl (C=O) groups excluding carboxylic acids is 2. The minimum absolute atomic E-state index is 0.0911. The molecule has 0 radical (unpaired) electrons. The van der Waals surface area contributed by atoms with Crippen LogP contribution in [0.15, 0.2) is 48.8 Å². The van der Waals surface area contributed by atoms with E-state index in [1.807, 2.05) is 12.1 Å². The van der Waals surface area contributed by atoms with Crippen molar-refractivity contribution < 1.29 is 19.1 Å². The highest BCUT2D eigenvalue weighted by Crippen LogP contribution is 2.25. The van der Waals surface area contributed by atoms with E-state index in [9.17, 15) is 9.59 Å². The number of methoxy groups -OCH3 is 1. The molecule has 7 nitrogen and oxygen atoms in total. The Morgan fingerprint density at radius 1 is 1.07 bits per heavy atom. The van der Waals surface area contributed by atoms with Crippen LogP contribution in [0.1, 0.15) is 19.3 Å². The van der Waals surface area contributed by atoms with Crippen LogP contribution < -0.4 is 15.0 Å². The predicted molar refractivity (Wildman–Crippen MR) is 106 cm³/mol. The zero-order valence-electron chi connectivity index (χ0n) is 16.0. The minimum atomic E-state index is -0.342. The van der Waals surface area contributed by atoms with Crippen molar-refractivity contribution >= 4 is 23.3 Å². The number of benzene rings is 1. The van der Waals surface area contributed by atoms with Crippen LogP contribution in [0.4, 0.5) is 11.4 Å². The van der Waals surface area contributed by atoms with Gasteiger partial charge in [-0.25, -0.2) is 0 Å². The Balaban J connectivity index is 1.41. The molecule has 148 valence electrons. The van der Waals surface area contributed by atoms with Crippen LogP contribution in [-0.4, -0.2) is 43.7 Å². The van der Waals surface area contributed by atoms with Crippen molar-refractivity contribution in [2.24, 2.45) is 5.92 Å². The molecule has 1 N–H and O–H groups in total. The molecular formula is C21H25N3O4. The van der Waals surface area contributed by atoms with Gasteiger partial charge in [0.1, 0.15) is 12.3 Å². The number of hydrogen-bond donors (Lipinski definition) is 1. The second-order valence-electron chi connectivity index (χ2n) is 6.77. The molecular weight excluding hydrogens is 358 g/mol. The van der Waals surface area contributed by atoms with E-state index in [1.165, 1.54) is 12.8 Å². The second kappa shape index (κ2) is 9.73. The maximum atomic E-state index is 12.3.